The lowest BCUT2D eigenvalue weighted by Crippen LogP contribution is -2.22. The second kappa shape index (κ2) is 6.84. The number of anilines is 1. The molecule has 0 aliphatic heterocycles. The fourth-order valence-corrected chi connectivity index (χ4v) is 2.92. The molecule has 0 saturated heterocycles. The minimum absolute atomic E-state index is 0.125. The molecule has 1 amide bonds. The van der Waals surface area contributed by atoms with E-state index in [1.165, 1.54) is 0 Å². The number of benzene rings is 1. The molecule has 6 heteroatoms. The number of fused-ring (bicyclic) bond motifs is 1. The Bertz CT molecular complexity index is 933. The monoisotopic (exact) mass is 337 g/mol. The van der Waals surface area contributed by atoms with E-state index >= 15 is 0 Å². The van der Waals surface area contributed by atoms with Crippen LogP contribution in [0.2, 0.25) is 0 Å². The maximum Gasteiger partial charge on any atom is 0.244 e. The number of amides is 1. The fourth-order valence-electron chi connectivity index (χ4n) is 2.92. The van der Waals surface area contributed by atoms with Gasteiger partial charge in [0.1, 0.15) is 0 Å². The third kappa shape index (κ3) is 3.42. The van der Waals surface area contributed by atoms with Gasteiger partial charge in [0.25, 0.3) is 0 Å². The van der Waals surface area contributed by atoms with Crippen molar-refractivity contribution in [1.29, 1.82) is 0 Å². The smallest absolute Gasteiger partial charge is 0.244 e. The number of nitrogens with zero attached hydrogens (tertiary/aromatic N) is 4. The lowest BCUT2D eigenvalue weighted by Gasteiger charge is -2.12. The molecule has 25 heavy (non-hydrogen) atoms. The second-order valence-electron chi connectivity index (χ2n) is 6.27. The highest BCUT2D eigenvalue weighted by atomic mass is 16.1. The molecule has 2 aromatic heterocycles. The van der Waals surface area contributed by atoms with Gasteiger partial charge in [-0.15, -0.1) is 0 Å². The molecule has 0 aliphatic rings. The molecule has 0 spiro atoms. The van der Waals surface area contributed by atoms with Crippen LogP contribution in [0.15, 0.2) is 42.7 Å². The van der Waals surface area contributed by atoms with Crippen LogP contribution in [-0.4, -0.2) is 34.1 Å². The first-order valence-corrected chi connectivity index (χ1v) is 8.15. The number of carbonyl (C=O) groups is 1. The SMILES string of the molecule is CN(C)c1ncc(CNC(=O)/C=C/c2cn(C)c3ccccc23)n1C. The zero-order valence-electron chi connectivity index (χ0n) is 15.0. The largest absolute Gasteiger partial charge is 0.350 e. The van der Waals surface area contributed by atoms with Gasteiger partial charge in [-0.25, -0.2) is 4.98 Å². The molecule has 1 aromatic carbocycles. The molecule has 0 aliphatic carbocycles. The summed E-state index contributed by atoms with van der Waals surface area (Å²) in [6.07, 6.45) is 7.24. The van der Waals surface area contributed by atoms with Crippen LogP contribution in [0.25, 0.3) is 17.0 Å². The summed E-state index contributed by atoms with van der Waals surface area (Å²) in [6, 6.07) is 8.14. The van der Waals surface area contributed by atoms with Gasteiger partial charge in [0.2, 0.25) is 11.9 Å². The van der Waals surface area contributed by atoms with Crippen LogP contribution < -0.4 is 10.2 Å². The van der Waals surface area contributed by atoms with Crippen LogP contribution in [0.4, 0.5) is 5.95 Å². The first kappa shape index (κ1) is 16.8. The molecular formula is C19H23N5O. The fraction of sp³-hybridized carbons (Fsp3) is 0.263. The summed E-state index contributed by atoms with van der Waals surface area (Å²) in [6.45, 7) is 0.441. The number of para-hydroxylation sites is 1. The van der Waals surface area contributed by atoms with Crippen LogP contribution in [0.1, 0.15) is 11.3 Å². The summed E-state index contributed by atoms with van der Waals surface area (Å²) in [4.78, 5) is 18.4. The summed E-state index contributed by atoms with van der Waals surface area (Å²) in [5.41, 5.74) is 3.13. The average molecular weight is 337 g/mol. The Kier molecular flexibility index (Phi) is 4.61. The highest BCUT2D eigenvalue weighted by Gasteiger charge is 2.08. The van der Waals surface area contributed by atoms with E-state index in [2.05, 4.69) is 27.0 Å². The van der Waals surface area contributed by atoms with Crippen molar-refractivity contribution in [3.63, 3.8) is 0 Å². The van der Waals surface area contributed by atoms with Gasteiger partial charge in [-0.1, -0.05) is 18.2 Å². The number of imidazole rings is 1. The lowest BCUT2D eigenvalue weighted by atomic mass is 10.1. The van der Waals surface area contributed by atoms with Gasteiger partial charge < -0.3 is 19.4 Å². The van der Waals surface area contributed by atoms with E-state index in [0.29, 0.717) is 6.54 Å². The number of nitrogens with one attached hydrogen (secondary N) is 1. The summed E-state index contributed by atoms with van der Waals surface area (Å²) in [7, 11) is 7.83. The van der Waals surface area contributed by atoms with E-state index in [9.17, 15) is 4.79 Å². The molecule has 0 radical (unpaired) electrons. The van der Waals surface area contributed by atoms with Gasteiger partial charge in [-0.2, -0.15) is 0 Å². The van der Waals surface area contributed by atoms with Gasteiger partial charge in [0, 0.05) is 56.9 Å². The van der Waals surface area contributed by atoms with Crippen molar-refractivity contribution in [2.24, 2.45) is 14.1 Å². The molecule has 3 aromatic rings. The van der Waals surface area contributed by atoms with Gasteiger partial charge >= 0.3 is 0 Å². The molecule has 0 bridgehead atoms. The third-order valence-electron chi connectivity index (χ3n) is 4.25. The second-order valence-corrected chi connectivity index (χ2v) is 6.27. The van der Waals surface area contributed by atoms with Crippen LogP contribution in [0.3, 0.4) is 0 Å². The van der Waals surface area contributed by atoms with Crippen LogP contribution in [0.5, 0.6) is 0 Å². The van der Waals surface area contributed by atoms with E-state index in [-0.39, 0.29) is 5.91 Å². The van der Waals surface area contributed by atoms with Crippen molar-refractivity contribution in [1.82, 2.24) is 19.4 Å². The van der Waals surface area contributed by atoms with Gasteiger partial charge in [-0.3, -0.25) is 4.79 Å². The minimum Gasteiger partial charge on any atom is -0.350 e. The number of carbonyl (C=O) groups excluding carboxylic acids is 1. The summed E-state index contributed by atoms with van der Waals surface area (Å²) in [5.74, 6) is 0.732. The number of aryl methyl sites for hydroxylation is 1. The lowest BCUT2D eigenvalue weighted by molar-refractivity contribution is -0.116. The van der Waals surface area contributed by atoms with E-state index in [1.54, 1.807) is 12.3 Å². The minimum atomic E-state index is -0.125. The van der Waals surface area contributed by atoms with Crippen molar-refractivity contribution in [2.45, 2.75) is 6.54 Å². The molecule has 3 rings (SSSR count). The molecule has 0 atom stereocenters. The van der Waals surface area contributed by atoms with Gasteiger partial charge in [0.15, 0.2) is 0 Å². The van der Waals surface area contributed by atoms with Crippen molar-refractivity contribution >= 4 is 28.8 Å². The van der Waals surface area contributed by atoms with Crippen molar-refractivity contribution < 1.29 is 4.79 Å². The van der Waals surface area contributed by atoms with E-state index in [0.717, 1.165) is 28.1 Å². The van der Waals surface area contributed by atoms with Gasteiger partial charge in [-0.05, 0) is 12.1 Å². The standard InChI is InChI=1S/C19H23N5O/c1-22(2)19-21-12-15(24(19)4)11-20-18(25)10-9-14-13-23(3)17-8-6-5-7-16(14)17/h5-10,12-13H,11H2,1-4H3,(H,20,25)/b10-9+. The van der Waals surface area contributed by atoms with E-state index in [4.69, 9.17) is 0 Å². The first-order chi connectivity index (χ1) is 12.0. The Labute approximate surface area is 147 Å². The number of rotatable bonds is 5. The maximum absolute atomic E-state index is 12.1. The van der Waals surface area contributed by atoms with Crippen molar-refractivity contribution in [3.8, 4) is 0 Å². The maximum atomic E-state index is 12.1. The van der Waals surface area contributed by atoms with Crippen molar-refractivity contribution in [2.75, 3.05) is 19.0 Å². The molecule has 6 nitrogen and oxygen atoms in total. The number of hydrogen-bond donors (Lipinski definition) is 1. The van der Waals surface area contributed by atoms with Gasteiger partial charge in [0.05, 0.1) is 18.4 Å². The molecule has 1 N–H and O–H groups in total. The quantitative estimate of drug-likeness (QED) is 0.727. The van der Waals surface area contributed by atoms with E-state index < -0.39 is 0 Å². The first-order valence-electron chi connectivity index (χ1n) is 8.15. The third-order valence-corrected chi connectivity index (χ3v) is 4.25. The zero-order valence-corrected chi connectivity index (χ0v) is 15.0. The normalized spacial score (nSPS) is 11.4. The number of aromatic nitrogens is 3. The summed E-state index contributed by atoms with van der Waals surface area (Å²) >= 11 is 0. The molecular weight excluding hydrogens is 314 g/mol. The average Bonchev–Trinajstić information content (AvgIpc) is 3.12. The van der Waals surface area contributed by atoms with Crippen molar-refractivity contribution in [3.05, 3.63) is 54.0 Å². The highest BCUT2D eigenvalue weighted by molar-refractivity contribution is 5.96. The highest BCUT2D eigenvalue weighted by Crippen LogP contribution is 2.21. The molecule has 0 fully saturated rings. The molecule has 2 heterocycles. The molecule has 0 saturated carbocycles. The zero-order chi connectivity index (χ0) is 18.0. The Balaban J connectivity index is 1.67. The van der Waals surface area contributed by atoms with Crippen LogP contribution in [0, 0.1) is 0 Å². The Morgan fingerprint density at radius 3 is 2.76 bits per heavy atom. The topological polar surface area (TPSA) is 55.1 Å². The number of hydrogen-bond acceptors (Lipinski definition) is 3. The summed E-state index contributed by atoms with van der Waals surface area (Å²) < 4.78 is 4.03. The predicted molar refractivity (Wildman–Crippen MR) is 101 cm³/mol. The Hall–Kier alpha value is -3.02. The predicted octanol–water partition coefficient (Wildman–Crippen LogP) is 2.31. The van der Waals surface area contributed by atoms with E-state index in [1.807, 2.05) is 62.1 Å². The molecule has 130 valence electrons. The Morgan fingerprint density at radius 1 is 1.28 bits per heavy atom. The summed E-state index contributed by atoms with van der Waals surface area (Å²) in [5, 5.41) is 4.04. The van der Waals surface area contributed by atoms with Crippen LogP contribution >= 0.6 is 0 Å². The molecule has 0 unspecified atom stereocenters. The van der Waals surface area contributed by atoms with Crippen LogP contribution in [-0.2, 0) is 25.4 Å². The Morgan fingerprint density at radius 2 is 2.04 bits per heavy atom.